The van der Waals surface area contributed by atoms with E-state index in [-0.39, 0.29) is 0 Å². The number of methoxy groups -OCH3 is 1. The summed E-state index contributed by atoms with van der Waals surface area (Å²) in [6, 6.07) is 7.36. The van der Waals surface area contributed by atoms with E-state index in [9.17, 15) is 0 Å². The van der Waals surface area contributed by atoms with Crippen LogP contribution >= 0.6 is 11.6 Å². The van der Waals surface area contributed by atoms with Crippen molar-refractivity contribution in [3.8, 4) is 5.75 Å². The Morgan fingerprint density at radius 1 is 1.15 bits per heavy atom. The topological polar surface area (TPSA) is 9.23 Å². The van der Waals surface area contributed by atoms with E-state index in [2.05, 4.69) is 20.8 Å². The van der Waals surface area contributed by atoms with Crippen LogP contribution in [0.1, 0.15) is 20.8 Å². The number of halogens is 1. The van der Waals surface area contributed by atoms with Crippen LogP contribution in [-0.2, 0) is 0 Å². The third-order valence-electron chi connectivity index (χ3n) is 1.06. The Labute approximate surface area is 85.7 Å². The Balaban J connectivity index is 0.000000310. The standard InChI is InChI=1S/C7H7ClO.C4H10/c1-9-7-5-3-2-4-6(7)8;1-4(2)3/h2-5H,1H3;4H,1-3H3. The van der Waals surface area contributed by atoms with Crippen LogP contribution in [0.15, 0.2) is 24.3 Å². The molecule has 0 bridgehead atoms. The molecule has 0 aliphatic carbocycles. The minimum absolute atomic E-state index is 0.653. The summed E-state index contributed by atoms with van der Waals surface area (Å²) in [5, 5.41) is 0.653. The summed E-state index contributed by atoms with van der Waals surface area (Å²) in [6.45, 7) is 6.50. The zero-order valence-electron chi connectivity index (χ0n) is 8.67. The van der Waals surface area contributed by atoms with Crippen LogP contribution in [0.3, 0.4) is 0 Å². The van der Waals surface area contributed by atoms with E-state index in [1.54, 1.807) is 13.2 Å². The quantitative estimate of drug-likeness (QED) is 0.666. The molecule has 2 heteroatoms. The van der Waals surface area contributed by atoms with Crippen molar-refractivity contribution in [2.24, 2.45) is 5.92 Å². The fraction of sp³-hybridized carbons (Fsp3) is 0.455. The van der Waals surface area contributed by atoms with Crippen LogP contribution in [-0.4, -0.2) is 7.11 Å². The van der Waals surface area contributed by atoms with Gasteiger partial charge in [-0.1, -0.05) is 44.5 Å². The highest BCUT2D eigenvalue weighted by molar-refractivity contribution is 6.32. The minimum atomic E-state index is 0.653. The maximum atomic E-state index is 5.70. The molecule has 0 amide bonds. The van der Waals surface area contributed by atoms with Gasteiger partial charge in [0.1, 0.15) is 5.75 Å². The fourth-order valence-electron chi connectivity index (χ4n) is 0.610. The number of hydrogen-bond donors (Lipinski definition) is 0. The molecule has 0 fully saturated rings. The van der Waals surface area contributed by atoms with Crippen LogP contribution in [0.4, 0.5) is 0 Å². The smallest absolute Gasteiger partial charge is 0.137 e. The van der Waals surface area contributed by atoms with Gasteiger partial charge in [-0.15, -0.1) is 0 Å². The highest BCUT2D eigenvalue weighted by Gasteiger charge is 1.93. The number of benzene rings is 1. The molecule has 1 nitrogen and oxygen atoms in total. The lowest BCUT2D eigenvalue weighted by Crippen LogP contribution is -1.81. The van der Waals surface area contributed by atoms with Crippen molar-refractivity contribution in [3.63, 3.8) is 0 Å². The molecule has 0 spiro atoms. The zero-order chi connectivity index (χ0) is 10.3. The monoisotopic (exact) mass is 200 g/mol. The molecule has 1 rings (SSSR count). The first-order valence-electron chi connectivity index (χ1n) is 4.36. The molecule has 0 aromatic heterocycles. The van der Waals surface area contributed by atoms with Crippen LogP contribution < -0.4 is 4.74 Å². The van der Waals surface area contributed by atoms with Gasteiger partial charge in [0, 0.05) is 0 Å². The summed E-state index contributed by atoms with van der Waals surface area (Å²) in [4.78, 5) is 0. The SMILES string of the molecule is CC(C)C.COc1ccccc1Cl. The average Bonchev–Trinajstić information content (AvgIpc) is 2.04. The lowest BCUT2D eigenvalue weighted by Gasteiger charge is -1.98. The van der Waals surface area contributed by atoms with E-state index >= 15 is 0 Å². The second-order valence-corrected chi connectivity index (χ2v) is 3.77. The molecule has 13 heavy (non-hydrogen) atoms. The van der Waals surface area contributed by atoms with Crippen molar-refractivity contribution in [2.75, 3.05) is 7.11 Å². The van der Waals surface area contributed by atoms with E-state index in [4.69, 9.17) is 16.3 Å². The Morgan fingerprint density at radius 3 is 1.92 bits per heavy atom. The van der Waals surface area contributed by atoms with Crippen molar-refractivity contribution >= 4 is 11.6 Å². The van der Waals surface area contributed by atoms with Gasteiger partial charge in [-0.25, -0.2) is 0 Å². The van der Waals surface area contributed by atoms with Crippen molar-refractivity contribution in [3.05, 3.63) is 29.3 Å². The summed E-state index contributed by atoms with van der Waals surface area (Å²) >= 11 is 5.70. The average molecular weight is 201 g/mol. The molecular formula is C11H17ClO. The van der Waals surface area contributed by atoms with Crippen molar-refractivity contribution in [1.82, 2.24) is 0 Å². The maximum absolute atomic E-state index is 5.70. The van der Waals surface area contributed by atoms with Gasteiger partial charge in [0.05, 0.1) is 12.1 Å². The van der Waals surface area contributed by atoms with E-state index in [0.717, 1.165) is 11.7 Å². The Bertz CT molecular complexity index is 231. The molecule has 0 radical (unpaired) electrons. The zero-order valence-corrected chi connectivity index (χ0v) is 9.43. The van der Waals surface area contributed by atoms with Gasteiger partial charge in [-0.05, 0) is 18.1 Å². The van der Waals surface area contributed by atoms with E-state index in [1.165, 1.54) is 0 Å². The number of rotatable bonds is 1. The molecule has 0 unspecified atom stereocenters. The summed E-state index contributed by atoms with van der Waals surface area (Å²) in [6.07, 6.45) is 0. The third kappa shape index (κ3) is 6.47. The number of ether oxygens (including phenoxy) is 1. The molecule has 0 saturated carbocycles. The maximum Gasteiger partial charge on any atom is 0.137 e. The Kier molecular flexibility index (Phi) is 6.43. The first kappa shape index (κ1) is 12.3. The van der Waals surface area contributed by atoms with Crippen LogP contribution in [0.2, 0.25) is 5.02 Å². The minimum Gasteiger partial charge on any atom is -0.495 e. The first-order valence-corrected chi connectivity index (χ1v) is 4.74. The van der Waals surface area contributed by atoms with Crippen molar-refractivity contribution in [1.29, 1.82) is 0 Å². The molecule has 74 valence electrons. The van der Waals surface area contributed by atoms with Gasteiger partial charge in [0.15, 0.2) is 0 Å². The molecule has 0 aliphatic heterocycles. The summed E-state index contributed by atoms with van der Waals surface area (Å²) in [7, 11) is 1.60. The van der Waals surface area contributed by atoms with Gasteiger partial charge in [-0.2, -0.15) is 0 Å². The van der Waals surface area contributed by atoms with Gasteiger partial charge in [-0.3, -0.25) is 0 Å². The van der Waals surface area contributed by atoms with Gasteiger partial charge < -0.3 is 4.74 Å². The lowest BCUT2D eigenvalue weighted by atomic mass is 10.3. The molecular weight excluding hydrogens is 184 g/mol. The molecule has 0 N–H and O–H groups in total. The van der Waals surface area contributed by atoms with Crippen molar-refractivity contribution < 1.29 is 4.74 Å². The molecule has 0 heterocycles. The van der Waals surface area contributed by atoms with Crippen LogP contribution in [0.25, 0.3) is 0 Å². The predicted octanol–water partition coefficient (Wildman–Crippen LogP) is 4.01. The number of hydrogen-bond acceptors (Lipinski definition) is 1. The summed E-state index contributed by atoms with van der Waals surface area (Å²) in [5.41, 5.74) is 0. The largest absolute Gasteiger partial charge is 0.495 e. The fourth-order valence-corrected chi connectivity index (χ4v) is 0.823. The predicted molar refractivity (Wildman–Crippen MR) is 58.5 cm³/mol. The van der Waals surface area contributed by atoms with E-state index in [1.807, 2.05) is 18.2 Å². The Hall–Kier alpha value is -0.690. The van der Waals surface area contributed by atoms with Gasteiger partial charge in [0.2, 0.25) is 0 Å². The first-order chi connectivity index (χ1) is 6.07. The molecule has 0 saturated heterocycles. The van der Waals surface area contributed by atoms with E-state index < -0.39 is 0 Å². The van der Waals surface area contributed by atoms with Gasteiger partial charge >= 0.3 is 0 Å². The summed E-state index contributed by atoms with van der Waals surface area (Å²) in [5.74, 6) is 1.55. The van der Waals surface area contributed by atoms with Gasteiger partial charge in [0.25, 0.3) is 0 Å². The highest BCUT2D eigenvalue weighted by Crippen LogP contribution is 2.21. The summed E-state index contributed by atoms with van der Waals surface area (Å²) < 4.78 is 4.91. The molecule has 0 aliphatic rings. The van der Waals surface area contributed by atoms with Crippen molar-refractivity contribution in [2.45, 2.75) is 20.8 Å². The Morgan fingerprint density at radius 2 is 1.62 bits per heavy atom. The normalized spacial score (nSPS) is 9.08. The highest BCUT2D eigenvalue weighted by atomic mass is 35.5. The molecule has 1 aromatic carbocycles. The molecule has 1 aromatic rings. The molecule has 0 atom stereocenters. The lowest BCUT2D eigenvalue weighted by molar-refractivity contribution is 0.415. The van der Waals surface area contributed by atoms with Crippen LogP contribution in [0.5, 0.6) is 5.75 Å². The third-order valence-corrected chi connectivity index (χ3v) is 1.37. The number of para-hydroxylation sites is 1. The second-order valence-electron chi connectivity index (χ2n) is 3.37. The second kappa shape index (κ2) is 6.79. The van der Waals surface area contributed by atoms with Crippen LogP contribution in [0, 0.1) is 5.92 Å². The van der Waals surface area contributed by atoms with E-state index in [0.29, 0.717) is 5.02 Å².